The molecule has 1 aromatic carbocycles. The Labute approximate surface area is 133 Å². The summed E-state index contributed by atoms with van der Waals surface area (Å²) in [5.41, 5.74) is 6.94. The van der Waals surface area contributed by atoms with Crippen molar-refractivity contribution < 1.29 is 4.79 Å². The number of nitrogens with one attached hydrogen (secondary N) is 1. The molecule has 0 heterocycles. The third-order valence-corrected chi connectivity index (χ3v) is 4.94. The van der Waals surface area contributed by atoms with Crippen LogP contribution >= 0.6 is 12.4 Å². The van der Waals surface area contributed by atoms with Gasteiger partial charge in [-0.15, -0.1) is 12.4 Å². The first kappa shape index (κ1) is 16.3. The third kappa shape index (κ3) is 3.41. The zero-order valence-corrected chi connectivity index (χ0v) is 13.2. The van der Waals surface area contributed by atoms with E-state index in [2.05, 4.69) is 17.4 Å². The lowest BCUT2D eigenvalue weighted by molar-refractivity contribution is -0.126. The quantitative estimate of drug-likeness (QED) is 0.879. The Morgan fingerprint density at radius 1 is 1.24 bits per heavy atom. The molecule has 4 heteroatoms. The highest BCUT2D eigenvalue weighted by molar-refractivity contribution is 5.88. The monoisotopic (exact) mass is 308 g/mol. The number of rotatable bonds is 5. The van der Waals surface area contributed by atoms with Crippen LogP contribution in [-0.2, 0) is 10.2 Å². The van der Waals surface area contributed by atoms with E-state index in [0.29, 0.717) is 12.5 Å². The topological polar surface area (TPSA) is 55.1 Å². The van der Waals surface area contributed by atoms with Crippen LogP contribution in [0.3, 0.4) is 0 Å². The summed E-state index contributed by atoms with van der Waals surface area (Å²) in [6, 6.07) is 10.4. The molecule has 0 radical (unpaired) electrons. The molecule has 1 aromatic rings. The van der Waals surface area contributed by atoms with Crippen LogP contribution in [0.1, 0.15) is 44.1 Å². The van der Waals surface area contributed by atoms with Gasteiger partial charge in [-0.2, -0.15) is 0 Å². The van der Waals surface area contributed by atoms with Gasteiger partial charge in [0.2, 0.25) is 5.91 Å². The highest BCUT2D eigenvalue weighted by Gasteiger charge is 2.42. The van der Waals surface area contributed by atoms with Crippen LogP contribution in [0.2, 0.25) is 0 Å². The Kier molecular flexibility index (Phi) is 5.28. The molecule has 21 heavy (non-hydrogen) atoms. The number of nitrogens with two attached hydrogens (primary N) is 1. The molecule has 0 bridgehead atoms. The van der Waals surface area contributed by atoms with Gasteiger partial charge < -0.3 is 11.1 Å². The largest absolute Gasteiger partial charge is 0.354 e. The molecule has 3 nitrogen and oxygen atoms in total. The molecule has 0 aliphatic heterocycles. The second-order valence-corrected chi connectivity index (χ2v) is 6.37. The first-order chi connectivity index (χ1) is 9.72. The lowest BCUT2D eigenvalue weighted by Gasteiger charge is -2.29. The van der Waals surface area contributed by atoms with E-state index >= 15 is 0 Å². The lowest BCUT2D eigenvalue weighted by atomic mass is 9.78. The first-order valence-electron chi connectivity index (χ1n) is 7.82. The summed E-state index contributed by atoms with van der Waals surface area (Å²) in [4.78, 5) is 12.7. The van der Waals surface area contributed by atoms with Crippen molar-refractivity contribution in [1.29, 1.82) is 0 Å². The van der Waals surface area contributed by atoms with Gasteiger partial charge in [-0.05, 0) is 37.2 Å². The summed E-state index contributed by atoms with van der Waals surface area (Å²) < 4.78 is 0. The Morgan fingerprint density at radius 3 is 2.43 bits per heavy atom. The molecule has 2 aliphatic carbocycles. The summed E-state index contributed by atoms with van der Waals surface area (Å²) in [6.07, 6.45) is 6.64. The second-order valence-electron chi connectivity index (χ2n) is 6.37. The van der Waals surface area contributed by atoms with E-state index in [0.717, 1.165) is 31.2 Å². The Balaban J connectivity index is 0.00000161. The maximum atomic E-state index is 12.7. The predicted octanol–water partition coefficient (Wildman–Crippen LogP) is 2.77. The fourth-order valence-electron chi connectivity index (χ4n) is 3.45. The van der Waals surface area contributed by atoms with E-state index in [9.17, 15) is 4.79 Å². The molecule has 0 saturated heterocycles. The molecular weight excluding hydrogens is 284 g/mol. The SMILES string of the molecule is Cl.NC(CNC(=O)C1(c2ccccc2)CCCC1)C1CC1. The molecule has 3 rings (SSSR count). The minimum absolute atomic E-state index is 0. The van der Waals surface area contributed by atoms with Crippen molar-refractivity contribution in [2.24, 2.45) is 11.7 Å². The van der Waals surface area contributed by atoms with Gasteiger partial charge in [-0.1, -0.05) is 43.2 Å². The molecular formula is C17H25ClN2O. The zero-order chi connectivity index (χ0) is 14.0. The van der Waals surface area contributed by atoms with Crippen molar-refractivity contribution in [2.45, 2.75) is 50.0 Å². The number of hydrogen-bond donors (Lipinski definition) is 2. The Morgan fingerprint density at radius 2 is 1.86 bits per heavy atom. The van der Waals surface area contributed by atoms with Crippen molar-refractivity contribution in [2.75, 3.05) is 6.54 Å². The molecule has 2 saturated carbocycles. The molecule has 1 atom stereocenters. The Hall–Kier alpha value is -1.06. The summed E-state index contributed by atoms with van der Waals surface area (Å²) in [6.45, 7) is 0.623. The Bertz CT molecular complexity index is 467. The van der Waals surface area contributed by atoms with Crippen LogP contribution in [0.5, 0.6) is 0 Å². The first-order valence-corrected chi connectivity index (χ1v) is 7.82. The zero-order valence-electron chi connectivity index (χ0n) is 12.4. The summed E-state index contributed by atoms with van der Waals surface area (Å²) in [5, 5.41) is 3.12. The normalized spacial score (nSPS) is 21.4. The summed E-state index contributed by atoms with van der Waals surface area (Å²) >= 11 is 0. The van der Waals surface area contributed by atoms with E-state index in [1.165, 1.54) is 12.8 Å². The number of benzene rings is 1. The van der Waals surface area contributed by atoms with E-state index in [4.69, 9.17) is 5.73 Å². The van der Waals surface area contributed by atoms with E-state index < -0.39 is 0 Å². The fraction of sp³-hybridized carbons (Fsp3) is 0.588. The molecule has 2 aliphatic rings. The molecule has 0 spiro atoms. The van der Waals surface area contributed by atoms with Gasteiger partial charge in [0.1, 0.15) is 0 Å². The van der Waals surface area contributed by atoms with Gasteiger partial charge in [0, 0.05) is 12.6 Å². The standard InChI is InChI=1S/C17H24N2O.ClH/c18-15(13-8-9-13)12-19-16(20)17(10-4-5-11-17)14-6-2-1-3-7-14;/h1-3,6-7,13,15H,4-5,8-12,18H2,(H,19,20);1H. The minimum atomic E-state index is -0.315. The van der Waals surface area contributed by atoms with Crippen molar-refractivity contribution in [3.05, 3.63) is 35.9 Å². The van der Waals surface area contributed by atoms with Gasteiger partial charge in [0.05, 0.1) is 5.41 Å². The van der Waals surface area contributed by atoms with Gasteiger partial charge in [-0.3, -0.25) is 4.79 Å². The van der Waals surface area contributed by atoms with Crippen LogP contribution in [0.25, 0.3) is 0 Å². The number of carbonyl (C=O) groups is 1. The van der Waals surface area contributed by atoms with Gasteiger partial charge in [0.15, 0.2) is 0 Å². The molecule has 0 aromatic heterocycles. The number of halogens is 1. The smallest absolute Gasteiger partial charge is 0.230 e. The van der Waals surface area contributed by atoms with Crippen molar-refractivity contribution in [1.82, 2.24) is 5.32 Å². The van der Waals surface area contributed by atoms with E-state index in [-0.39, 0.29) is 29.8 Å². The lowest BCUT2D eigenvalue weighted by Crippen LogP contribution is -2.47. The summed E-state index contributed by atoms with van der Waals surface area (Å²) in [5.74, 6) is 0.809. The van der Waals surface area contributed by atoms with Crippen molar-refractivity contribution in [3.8, 4) is 0 Å². The number of carbonyl (C=O) groups excluding carboxylic acids is 1. The van der Waals surface area contributed by atoms with E-state index in [1.54, 1.807) is 0 Å². The van der Waals surface area contributed by atoms with Crippen LogP contribution in [0, 0.1) is 5.92 Å². The van der Waals surface area contributed by atoms with Crippen LogP contribution < -0.4 is 11.1 Å². The highest BCUT2D eigenvalue weighted by Crippen LogP contribution is 2.41. The second kappa shape index (κ2) is 6.80. The highest BCUT2D eigenvalue weighted by atomic mass is 35.5. The number of hydrogen-bond acceptors (Lipinski definition) is 2. The van der Waals surface area contributed by atoms with Gasteiger partial charge >= 0.3 is 0 Å². The molecule has 1 amide bonds. The summed E-state index contributed by atoms with van der Waals surface area (Å²) in [7, 11) is 0. The van der Waals surface area contributed by atoms with Gasteiger partial charge in [-0.25, -0.2) is 0 Å². The van der Waals surface area contributed by atoms with Crippen LogP contribution in [-0.4, -0.2) is 18.5 Å². The van der Waals surface area contributed by atoms with Crippen LogP contribution in [0.15, 0.2) is 30.3 Å². The maximum Gasteiger partial charge on any atom is 0.230 e. The minimum Gasteiger partial charge on any atom is -0.354 e. The fourth-order valence-corrected chi connectivity index (χ4v) is 3.45. The average Bonchev–Trinajstić information content (AvgIpc) is 3.22. The molecule has 116 valence electrons. The number of amides is 1. The van der Waals surface area contributed by atoms with Crippen molar-refractivity contribution >= 4 is 18.3 Å². The van der Waals surface area contributed by atoms with Gasteiger partial charge in [0.25, 0.3) is 0 Å². The van der Waals surface area contributed by atoms with Crippen molar-refractivity contribution in [3.63, 3.8) is 0 Å². The molecule has 3 N–H and O–H groups in total. The third-order valence-electron chi connectivity index (χ3n) is 4.94. The maximum absolute atomic E-state index is 12.7. The predicted molar refractivity (Wildman–Crippen MR) is 87.5 cm³/mol. The van der Waals surface area contributed by atoms with Crippen LogP contribution in [0.4, 0.5) is 0 Å². The van der Waals surface area contributed by atoms with E-state index in [1.807, 2.05) is 18.2 Å². The molecule has 1 unspecified atom stereocenters. The average molecular weight is 309 g/mol. The molecule has 2 fully saturated rings.